The maximum atomic E-state index is 12.0. The molecule has 0 saturated heterocycles. The Hall–Kier alpha value is -1.85. The van der Waals surface area contributed by atoms with Gasteiger partial charge in [0.1, 0.15) is 5.69 Å². The van der Waals surface area contributed by atoms with Gasteiger partial charge in [0.15, 0.2) is 5.78 Å². The molecule has 3 N–H and O–H groups in total. The first-order valence-corrected chi connectivity index (χ1v) is 8.18. The molecule has 22 heavy (non-hydrogen) atoms. The van der Waals surface area contributed by atoms with Gasteiger partial charge in [0.2, 0.25) is 0 Å². The number of rotatable bonds is 7. The summed E-state index contributed by atoms with van der Waals surface area (Å²) in [5.41, 5.74) is 7.86. The average Bonchev–Trinajstić information content (AvgIpc) is 2.51. The van der Waals surface area contributed by atoms with Crippen LogP contribution in [0, 0.1) is 0 Å². The van der Waals surface area contributed by atoms with Crippen LogP contribution in [0.5, 0.6) is 0 Å². The molecule has 1 aromatic carbocycles. The van der Waals surface area contributed by atoms with Gasteiger partial charge in [0.05, 0.1) is 11.8 Å². The smallest absolute Gasteiger partial charge is 0.183 e. The molecule has 0 aliphatic carbocycles. The van der Waals surface area contributed by atoms with Gasteiger partial charge in [0.25, 0.3) is 0 Å². The molecule has 2 aromatic rings. The van der Waals surface area contributed by atoms with Gasteiger partial charge in [-0.3, -0.25) is 4.79 Å². The molecule has 0 unspecified atom stereocenters. The van der Waals surface area contributed by atoms with E-state index in [1.165, 1.54) is 5.56 Å². The Bertz CT molecular complexity index is 630. The first-order chi connectivity index (χ1) is 10.6. The third-order valence-corrected chi connectivity index (χ3v) is 4.23. The quantitative estimate of drug-likeness (QED) is 0.605. The van der Waals surface area contributed by atoms with E-state index >= 15 is 0 Å². The molecular formula is C17H20N2O2S. The number of nitrogens with two attached hydrogens (primary N) is 1. The highest BCUT2D eigenvalue weighted by Gasteiger charge is 2.13. The van der Waals surface area contributed by atoms with Crippen LogP contribution in [0.1, 0.15) is 35.8 Å². The lowest BCUT2D eigenvalue weighted by atomic mass is 10.1. The number of hydrogen-bond acceptors (Lipinski definition) is 5. The highest BCUT2D eigenvalue weighted by Crippen LogP contribution is 2.25. The molecule has 2 rings (SSSR count). The second-order valence-electron chi connectivity index (χ2n) is 5.19. The van der Waals surface area contributed by atoms with E-state index in [1.54, 1.807) is 30.9 Å². The topological polar surface area (TPSA) is 76.2 Å². The van der Waals surface area contributed by atoms with Crippen molar-refractivity contribution in [3.63, 3.8) is 0 Å². The Kier molecular flexibility index (Phi) is 5.98. The van der Waals surface area contributed by atoms with Crippen molar-refractivity contribution in [3.05, 3.63) is 53.9 Å². The third kappa shape index (κ3) is 4.86. The minimum Gasteiger partial charge on any atom is -0.397 e. The number of pyridine rings is 1. The van der Waals surface area contributed by atoms with Crippen LogP contribution < -0.4 is 5.73 Å². The monoisotopic (exact) mass is 316 g/mol. The number of hydrogen-bond donors (Lipinski definition) is 2. The summed E-state index contributed by atoms with van der Waals surface area (Å²) in [7, 11) is 0. The van der Waals surface area contributed by atoms with Gasteiger partial charge in [-0.05, 0) is 25.0 Å². The predicted molar refractivity (Wildman–Crippen MR) is 89.9 cm³/mol. The summed E-state index contributed by atoms with van der Waals surface area (Å²) >= 11 is 1.63. The van der Waals surface area contributed by atoms with Gasteiger partial charge < -0.3 is 10.8 Å². The number of nitrogens with zero attached hydrogens (tertiary/aromatic N) is 1. The molecule has 1 atom stereocenters. The van der Waals surface area contributed by atoms with Crippen molar-refractivity contribution < 1.29 is 9.90 Å². The van der Waals surface area contributed by atoms with Crippen LogP contribution in [0.3, 0.4) is 0 Å². The number of aromatic nitrogens is 1. The first kappa shape index (κ1) is 16.5. The van der Waals surface area contributed by atoms with Crippen LogP contribution in [-0.4, -0.2) is 22.0 Å². The number of aliphatic hydroxyl groups excluding tert-OH is 1. The van der Waals surface area contributed by atoms with E-state index in [4.69, 9.17) is 5.73 Å². The summed E-state index contributed by atoms with van der Waals surface area (Å²) in [6, 6.07) is 11.9. The number of benzene rings is 1. The highest BCUT2D eigenvalue weighted by atomic mass is 32.2. The largest absolute Gasteiger partial charge is 0.397 e. The third-order valence-electron chi connectivity index (χ3n) is 3.19. The van der Waals surface area contributed by atoms with Crippen LogP contribution in [0.15, 0.2) is 47.5 Å². The zero-order valence-electron chi connectivity index (χ0n) is 12.5. The molecule has 0 amide bonds. The minimum atomic E-state index is -0.495. The zero-order valence-corrected chi connectivity index (χ0v) is 13.3. The molecule has 0 radical (unpaired) electrons. The Balaban J connectivity index is 1.98. The second-order valence-corrected chi connectivity index (χ2v) is 6.24. The van der Waals surface area contributed by atoms with E-state index in [2.05, 4.69) is 17.1 Å². The number of Topliss-reactive ketones (excluding diaryl/α,β-unsaturated/α-hetero) is 1. The number of carbonyl (C=O) groups excluding carboxylic acids is 1. The molecule has 1 heterocycles. The van der Waals surface area contributed by atoms with Crippen molar-refractivity contribution in [1.82, 2.24) is 4.98 Å². The van der Waals surface area contributed by atoms with Crippen molar-refractivity contribution in [2.75, 3.05) is 5.73 Å². The van der Waals surface area contributed by atoms with E-state index in [9.17, 15) is 9.90 Å². The normalized spacial score (nSPS) is 12.1. The lowest BCUT2D eigenvalue weighted by molar-refractivity contribution is 0.0945. The van der Waals surface area contributed by atoms with E-state index in [0.717, 1.165) is 10.6 Å². The van der Waals surface area contributed by atoms with E-state index in [1.807, 2.05) is 18.2 Å². The van der Waals surface area contributed by atoms with Gasteiger partial charge in [-0.25, -0.2) is 4.98 Å². The van der Waals surface area contributed by atoms with Crippen LogP contribution in [0.2, 0.25) is 0 Å². The fraction of sp³-hybridized carbons (Fsp3) is 0.294. The van der Waals surface area contributed by atoms with Crippen LogP contribution in [0.4, 0.5) is 5.69 Å². The maximum absolute atomic E-state index is 12.0. The van der Waals surface area contributed by atoms with Gasteiger partial charge in [-0.2, -0.15) is 0 Å². The minimum absolute atomic E-state index is 0.127. The van der Waals surface area contributed by atoms with Gasteiger partial charge in [-0.1, -0.05) is 30.3 Å². The molecule has 1 aromatic heterocycles. The van der Waals surface area contributed by atoms with E-state index in [0.29, 0.717) is 17.8 Å². The molecule has 0 saturated carbocycles. The lowest BCUT2D eigenvalue weighted by Crippen LogP contribution is -2.10. The number of aliphatic hydroxyl groups is 1. The predicted octanol–water partition coefficient (Wildman–Crippen LogP) is 3.30. The number of nitrogen functional groups attached to an aromatic ring is 1. The Morgan fingerprint density at radius 1 is 1.36 bits per heavy atom. The summed E-state index contributed by atoms with van der Waals surface area (Å²) in [6.07, 6.45) is 1.86. The molecule has 0 fully saturated rings. The highest BCUT2D eigenvalue weighted by molar-refractivity contribution is 7.98. The summed E-state index contributed by atoms with van der Waals surface area (Å²) in [6.45, 7) is 1.66. The van der Waals surface area contributed by atoms with Crippen molar-refractivity contribution in [3.8, 4) is 0 Å². The average molecular weight is 316 g/mol. The van der Waals surface area contributed by atoms with Gasteiger partial charge in [0, 0.05) is 23.3 Å². The number of anilines is 1. The Morgan fingerprint density at radius 2 is 2.09 bits per heavy atom. The summed E-state index contributed by atoms with van der Waals surface area (Å²) in [5.74, 6) is 0.704. The van der Waals surface area contributed by atoms with Gasteiger partial charge in [-0.15, -0.1) is 11.8 Å². The summed E-state index contributed by atoms with van der Waals surface area (Å²) in [5, 5.41) is 9.23. The zero-order chi connectivity index (χ0) is 15.9. The standard InChI is InChI=1S/C17H20N2O2S/c1-12(20)7-8-16(21)17-15(18)9-14(10-19-17)22-11-13-5-3-2-4-6-13/h2-6,9-10,12,20H,7-8,11,18H2,1H3/t12-/m0/s1. The van der Waals surface area contributed by atoms with Crippen molar-refractivity contribution in [2.45, 2.75) is 36.5 Å². The van der Waals surface area contributed by atoms with Gasteiger partial charge >= 0.3 is 0 Å². The van der Waals surface area contributed by atoms with Crippen LogP contribution in [0.25, 0.3) is 0 Å². The molecule has 0 bridgehead atoms. The van der Waals surface area contributed by atoms with Crippen LogP contribution in [-0.2, 0) is 5.75 Å². The molecule has 0 aliphatic heterocycles. The fourth-order valence-corrected chi connectivity index (χ4v) is 2.84. The Morgan fingerprint density at radius 3 is 2.73 bits per heavy atom. The fourth-order valence-electron chi connectivity index (χ4n) is 1.97. The SMILES string of the molecule is C[C@H](O)CCC(=O)c1ncc(SCc2ccccc2)cc1N. The van der Waals surface area contributed by atoms with Crippen molar-refractivity contribution >= 4 is 23.2 Å². The lowest BCUT2D eigenvalue weighted by Gasteiger charge is -2.08. The first-order valence-electron chi connectivity index (χ1n) is 7.20. The van der Waals surface area contributed by atoms with E-state index in [-0.39, 0.29) is 12.2 Å². The van der Waals surface area contributed by atoms with Crippen molar-refractivity contribution in [1.29, 1.82) is 0 Å². The Labute approximate surface area is 134 Å². The maximum Gasteiger partial charge on any atom is 0.183 e. The summed E-state index contributed by atoms with van der Waals surface area (Å²) < 4.78 is 0. The van der Waals surface area contributed by atoms with Crippen molar-refractivity contribution in [2.24, 2.45) is 0 Å². The van der Waals surface area contributed by atoms with E-state index < -0.39 is 6.10 Å². The molecular weight excluding hydrogens is 296 g/mol. The molecule has 0 spiro atoms. The molecule has 116 valence electrons. The number of ketones is 1. The van der Waals surface area contributed by atoms with Crippen LogP contribution >= 0.6 is 11.8 Å². The number of carbonyl (C=O) groups is 1. The molecule has 4 nitrogen and oxygen atoms in total. The summed E-state index contributed by atoms with van der Waals surface area (Å²) in [4.78, 5) is 17.1. The number of thioether (sulfide) groups is 1. The second kappa shape index (κ2) is 7.96. The molecule has 5 heteroatoms. The molecule has 0 aliphatic rings.